The molecule has 136 valence electrons. The summed E-state index contributed by atoms with van der Waals surface area (Å²) in [5.74, 6) is 0.817. The van der Waals surface area contributed by atoms with Crippen LogP contribution in [0, 0.1) is 0 Å². The molecule has 26 heavy (non-hydrogen) atoms. The Morgan fingerprint density at radius 2 is 1.85 bits per heavy atom. The summed E-state index contributed by atoms with van der Waals surface area (Å²) in [6.07, 6.45) is 6.13. The normalized spacial score (nSPS) is 14.2. The largest absolute Gasteiger partial charge is 0.490 e. The number of rotatable bonds is 7. The summed E-state index contributed by atoms with van der Waals surface area (Å²) in [6, 6.07) is 15.0. The zero-order valence-electron chi connectivity index (χ0n) is 15.2. The van der Waals surface area contributed by atoms with E-state index in [0.29, 0.717) is 30.2 Å². The molecule has 1 aliphatic rings. The van der Waals surface area contributed by atoms with Crippen LogP contribution < -0.4 is 10.1 Å². The average molecular weight is 351 g/mol. The molecule has 1 fully saturated rings. The second-order valence-corrected chi connectivity index (χ2v) is 6.86. The maximum absolute atomic E-state index is 12.2. The topological polar surface area (TPSA) is 55.4 Å². The van der Waals surface area contributed by atoms with Crippen LogP contribution in [0.3, 0.4) is 0 Å². The first-order valence-corrected chi connectivity index (χ1v) is 9.26. The van der Waals surface area contributed by atoms with Crippen LogP contribution in [0.25, 0.3) is 0 Å². The van der Waals surface area contributed by atoms with E-state index in [1.54, 1.807) is 24.3 Å². The predicted octanol–water partition coefficient (Wildman–Crippen LogP) is 4.78. The first kappa shape index (κ1) is 18.2. The highest BCUT2D eigenvalue weighted by Gasteiger charge is 2.16. The van der Waals surface area contributed by atoms with E-state index in [-0.39, 0.29) is 11.7 Å². The second kappa shape index (κ2) is 8.65. The molecule has 2 aromatic rings. The molecule has 0 saturated heterocycles. The van der Waals surface area contributed by atoms with Gasteiger partial charge in [0.1, 0.15) is 5.75 Å². The van der Waals surface area contributed by atoms with E-state index in [2.05, 4.69) is 5.32 Å². The van der Waals surface area contributed by atoms with Crippen molar-refractivity contribution in [1.29, 1.82) is 0 Å². The highest BCUT2D eigenvalue weighted by molar-refractivity contribution is 5.97. The van der Waals surface area contributed by atoms with Crippen molar-refractivity contribution in [2.45, 2.75) is 51.6 Å². The van der Waals surface area contributed by atoms with Gasteiger partial charge < -0.3 is 10.1 Å². The fraction of sp³-hybridized carbons (Fsp3) is 0.364. The van der Waals surface area contributed by atoms with E-state index in [9.17, 15) is 9.59 Å². The van der Waals surface area contributed by atoms with Crippen molar-refractivity contribution in [1.82, 2.24) is 0 Å². The average Bonchev–Trinajstić information content (AvgIpc) is 3.13. The van der Waals surface area contributed by atoms with E-state index in [0.717, 1.165) is 24.2 Å². The lowest BCUT2D eigenvalue weighted by molar-refractivity contribution is -0.116. The van der Waals surface area contributed by atoms with Gasteiger partial charge in [0.2, 0.25) is 5.91 Å². The van der Waals surface area contributed by atoms with Gasteiger partial charge in [0.05, 0.1) is 6.10 Å². The van der Waals surface area contributed by atoms with Crippen LogP contribution in [0.5, 0.6) is 5.75 Å². The minimum absolute atomic E-state index is 0.0137. The zero-order chi connectivity index (χ0) is 18.4. The first-order chi connectivity index (χ1) is 12.6. The quantitative estimate of drug-likeness (QED) is 0.730. The lowest BCUT2D eigenvalue weighted by atomic mass is 10.1. The van der Waals surface area contributed by atoms with Crippen LogP contribution >= 0.6 is 0 Å². The number of anilines is 1. The Bertz CT molecular complexity index is 778. The summed E-state index contributed by atoms with van der Waals surface area (Å²) in [5.41, 5.74) is 2.34. The van der Waals surface area contributed by atoms with Crippen molar-refractivity contribution in [2.24, 2.45) is 0 Å². The van der Waals surface area contributed by atoms with Crippen molar-refractivity contribution >= 4 is 17.4 Å². The monoisotopic (exact) mass is 351 g/mol. The Balaban J connectivity index is 1.52. The van der Waals surface area contributed by atoms with E-state index in [4.69, 9.17) is 4.74 Å². The van der Waals surface area contributed by atoms with Crippen molar-refractivity contribution in [3.05, 3.63) is 59.7 Å². The predicted molar refractivity (Wildman–Crippen MR) is 103 cm³/mol. The number of carbonyl (C=O) groups is 2. The zero-order valence-corrected chi connectivity index (χ0v) is 15.2. The number of carbonyl (C=O) groups excluding carboxylic acids is 2. The van der Waals surface area contributed by atoms with Gasteiger partial charge in [-0.1, -0.05) is 24.3 Å². The summed E-state index contributed by atoms with van der Waals surface area (Å²) in [4.78, 5) is 23.6. The molecule has 2 aromatic carbocycles. The van der Waals surface area contributed by atoms with E-state index in [1.807, 2.05) is 24.3 Å². The van der Waals surface area contributed by atoms with Crippen LogP contribution in [0.2, 0.25) is 0 Å². The fourth-order valence-electron chi connectivity index (χ4n) is 3.27. The number of benzene rings is 2. The Hall–Kier alpha value is -2.62. The Morgan fingerprint density at radius 3 is 2.62 bits per heavy atom. The smallest absolute Gasteiger partial charge is 0.224 e. The lowest BCUT2D eigenvalue weighted by Crippen LogP contribution is -2.13. The number of nitrogens with one attached hydrogen (secondary N) is 1. The first-order valence-electron chi connectivity index (χ1n) is 9.26. The van der Waals surface area contributed by atoms with E-state index < -0.39 is 0 Å². The molecule has 1 saturated carbocycles. The van der Waals surface area contributed by atoms with Gasteiger partial charge in [0.25, 0.3) is 0 Å². The molecule has 0 radical (unpaired) electrons. The third kappa shape index (κ3) is 5.19. The number of hydrogen-bond acceptors (Lipinski definition) is 3. The van der Waals surface area contributed by atoms with Gasteiger partial charge >= 0.3 is 0 Å². The van der Waals surface area contributed by atoms with Gasteiger partial charge in [0, 0.05) is 17.7 Å². The molecule has 0 unspecified atom stereocenters. The Labute approximate surface area is 154 Å². The molecule has 4 heteroatoms. The van der Waals surface area contributed by atoms with Crippen molar-refractivity contribution in [2.75, 3.05) is 5.32 Å². The summed E-state index contributed by atoms with van der Waals surface area (Å²) in [7, 11) is 0. The Morgan fingerprint density at radius 1 is 1.08 bits per heavy atom. The molecule has 1 aliphatic carbocycles. The van der Waals surface area contributed by atoms with Gasteiger partial charge in [-0.2, -0.15) is 0 Å². The number of hydrogen-bond donors (Lipinski definition) is 1. The molecule has 0 atom stereocenters. The highest BCUT2D eigenvalue weighted by Crippen LogP contribution is 2.25. The molecule has 0 aliphatic heterocycles. The third-order valence-electron chi connectivity index (χ3n) is 4.70. The van der Waals surface area contributed by atoms with Gasteiger partial charge in [0.15, 0.2) is 5.78 Å². The molecule has 4 nitrogen and oxygen atoms in total. The van der Waals surface area contributed by atoms with Crippen LogP contribution in [-0.2, 0) is 11.2 Å². The van der Waals surface area contributed by atoms with Crippen LogP contribution in [0.4, 0.5) is 5.69 Å². The number of ether oxygens (including phenoxy) is 1. The van der Waals surface area contributed by atoms with E-state index in [1.165, 1.54) is 19.8 Å². The standard InChI is InChI=1S/C22H25NO3/c1-16(24)18-7-5-8-19(15-18)23-22(25)13-12-17-6-4-11-21(14-17)26-20-9-2-3-10-20/h4-8,11,14-15,20H,2-3,9-10,12-13H2,1H3,(H,23,25). The molecule has 0 bridgehead atoms. The third-order valence-corrected chi connectivity index (χ3v) is 4.70. The number of aryl methyl sites for hydroxylation is 1. The summed E-state index contributed by atoms with van der Waals surface area (Å²) in [6.45, 7) is 1.52. The van der Waals surface area contributed by atoms with Gasteiger partial charge in [-0.15, -0.1) is 0 Å². The summed E-state index contributed by atoms with van der Waals surface area (Å²) < 4.78 is 6.02. The number of Topliss-reactive ketones (excluding diaryl/α,β-unsaturated/α-hetero) is 1. The van der Waals surface area contributed by atoms with Crippen molar-refractivity contribution in [3.8, 4) is 5.75 Å². The fourth-order valence-corrected chi connectivity index (χ4v) is 3.27. The molecule has 0 aromatic heterocycles. The minimum Gasteiger partial charge on any atom is -0.490 e. The minimum atomic E-state index is -0.0622. The van der Waals surface area contributed by atoms with Crippen molar-refractivity contribution < 1.29 is 14.3 Å². The number of amides is 1. The van der Waals surface area contributed by atoms with Crippen LogP contribution in [0.1, 0.15) is 54.9 Å². The maximum atomic E-state index is 12.2. The molecular weight excluding hydrogens is 326 g/mol. The van der Waals surface area contributed by atoms with Gasteiger partial charge in [-0.25, -0.2) is 0 Å². The Kier molecular flexibility index (Phi) is 6.05. The molecule has 3 rings (SSSR count). The SMILES string of the molecule is CC(=O)c1cccc(NC(=O)CCc2cccc(OC3CCCC3)c2)c1. The molecule has 1 amide bonds. The second-order valence-electron chi connectivity index (χ2n) is 6.86. The summed E-state index contributed by atoms with van der Waals surface area (Å²) >= 11 is 0. The van der Waals surface area contributed by atoms with Crippen LogP contribution in [0.15, 0.2) is 48.5 Å². The van der Waals surface area contributed by atoms with Gasteiger partial charge in [-0.3, -0.25) is 9.59 Å². The van der Waals surface area contributed by atoms with E-state index >= 15 is 0 Å². The molecular formula is C22H25NO3. The summed E-state index contributed by atoms with van der Waals surface area (Å²) in [5, 5.41) is 2.86. The molecule has 0 heterocycles. The van der Waals surface area contributed by atoms with Gasteiger partial charge in [-0.05, 0) is 68.9 Å². The van der Waals surface area contributed by atoms with Crippen LogP contribution in [-0.4, -0.2) is 17.8 Å². The maximum Gasteiger partial charge on any atom is 0.224 e. The van der Waals surface area contributed by atoms with Crippen molar-refractivity contribution in [3.63, 3.8) is 0 Å². The highest BCUT2D eigenvalue weighted by atomic mass is 16.5. The molecule has 1 N–H and O–H groups in total. The molecule has 0 spiro atoms. The lowest BCUT2D eigenvalue weighted by Gasteiger charge is -2.14. The number of ketones is 1.